The molecule has 2 N–H and O–H groups in total. The summed E-state index contributed by atoms with van der Waals surface area (Å²) in [6.45, 7) is 2.14. The van der Waals surface area contributed by atoms with Crippen LogP contribution < -0.4 is 14.8 Å². The Kier molecular flexibility index (Phi) is 5.34. The minimum Gasteiger partial charge on any atom is -0.482 e. The van der Waals surface area contributed by atoms with E-state index in [1.807, 2.05) is 30.3 Å². The van der Waals surface area contributed by atoms with Gasteiger partial charge < -0.3 is 10.1 Å². The number of hydrogen-bond donors (Lipinski definition) is 2. The summed E-state index contributed by atoms with van der Waals surface area (Å²) in [6.07, 6.45) is 2.25. The van der Waals surface area contributed by atoms with E-state index in [9.17, 15) is 13.2 Å². The highest BCUT2D eigenvalue weighted by atomic mass is 32.2. The fourth-order valence-corrected chi connectivity index (χ4v) is 4.75. The molecule has 1 saturated heterocycles. The maximum Gasteiger partial charge on any atom is 0.262 e. The molecule has 0 radical (unpaired) electrons. The van der Waals surface area contributed by atoms with Crippen molar-refractivity contribution >= 4 is 21.6 Å². The monoisotopic (exact) mass is 401 g/mol. The van der Waals surface area contributed by atoms with Gasteiger partial charge in [-0.2, -0.15) is 0 Å². The molecule has 0 saturated carbocycles. The van der Waals surface area contributed by atoms with E-state index in [1.165, 1.54) is 12.1 Å². The number of rotatable bonds is 6. The zero-order chi connectivity index (χ0) is 19.6. The summed E-state index contributed by atoms with van der Waals surface area (Å²) >= 11 is 0. The maximum absolute atomic E-state index is 12.9. The number of ether oxygens (including phenoxy) is 1. The molecule has 1 fully saturated rings. The maximum atomic E-state index is 12.9. The van der Waals surface area contributed by atoms with Gasteiger partial charge in [-0.25, -0.2) is 13.1 Å². The average Bonchev–Trinajstić information content (AvgIpc) is 3.23. The van der Waals surface area contributed by atoms with E-state index in [0.717, 1.165) is 31.5 Å². The third-order valence-electron chi connectivity index (χ3n) is 5.13. The second-order valence-electron chi connectivity index (χ2n) is 7.02. The molecule has 1 unspecified atom stereocenters. The highest BCUT2D eigenvalue weighted by molar-refractivity contribution is 7.89. The lowest BCUT2D eigenvalue weighted by atomic mass is 10.1. The van der Waals surface area contributed by atoms with Crippen LogP contribution in [0.15, 0.2) is 53.4 Å². The van der Waals surface area contributed by atoms with Crippen LogP contribution in [0.2, 0.25) is 0 Å². The van der Waals surface area contributed by atoms with E-state index >= 15 is 0 Å². The molecule has 0 bridgehead atoms. The molecule has 148 valence electrons. The Morgan fingerprint density at radius 2 is 1.86 bits per heavy atom. The van der Waals surface area contributed by atoms with Gasteiger partial charge in [-0.05, 0) is 49.7 Å². The number of fused-ring (bicyclic) bond motifs is 1. The number of nitrogens with zero attached hydrogens (tertiary/aromatic N) is 1. The van der Waals surface area contributed by atoms with Gasteiger partial charge >= 0.3 is 0 Å². The number of anilines is 1. The Labute approximate surface area is 164 Å². The van der Waals surface area contributed by atoms with Crippen molar-refractivity contribution in [3.8, 4) is 5.75 Å². The highest BCUT2D eigenvalue weighted by Gasteiger charge is 2.26. The van der Waals surface area contributed by atoms with Crippen LogP contribution in [0.5, 0.6) is 5.75 Å². The fourth-order valence-electron chi connectivity index (χ4n) is 3.69. The van der Waals surface area contributed by atoms with Crippen molar-refractivity contribution in [2.24, 2.45) is 0 Å². The van der Waals surface area contributed by atoms with Crippen molar-refractivity contribution < 1.29 is 17.9 Å². The number of benzene rings is 2. The van der Waals surface area contributed by atoms with Crippen LogP contribution >= 0.6 is 0 Å². The Morgan fingerprint density at radius 3 is 2.61 bits per heavy atom. The molecule has 2 aliphatic rings. The first-order chi connectivity index (χ1) is 13.5. The summed E-state index contributed by atoms with van der Waals surface area (Å²) in [5.74, 6) is 0.172. The Balaban J connectivity index is 1.53. The first-order valence-electron chi connectivity index (χ1n) is 9.38. The van der Waals surface area contributed by atoms with Gasteiger partial charge in [0.15, 0.2) is 6.61 Å². The lowest BCUT2D eigenvalue weighted by Crippen LogP contribution is -2.36. The number of nitrogens with one attached hydrogen (secondary N) is 2. The molecule has 28 heavy (non-hydrogen) atoms. The second kappa shape index (κ2) is 7.90. The Hall–Kier alpha value is -2.42. The average molecular weight is 401 g/mol. The van der Waals surface area contributed by atoms with Gasteiger partial charge in [-0.15, -0.1) is 0 Å². The molecule has 8 heteroatoms. The van der Waals surface area contributed by atoms with Crippen molar-refractivity contribution in [3.05, 3.63) is 54.1 Å². The molecule has 0 aliphatic carbocycles. The van der Waals surface area contributed by atoms with Crippen molar-refractivity contribution in [3.63, 3.8) is 0 Å². The fraction of sp³-hybridized carbons (Fsp3) is 0.350. The number of amides is 1. The van der Waals surface area contributed by atoms with Crippen LogP contribution in [0.25, 0.3) is 0 Å². The molecule has 2 aliphatic heterocycles. The molecule has 4 rings (SSSR count). The van der Waals surface area contributed by atoms with E-state index < -0.39 is 10.0 Å². The molecule has 7 nitrogen and oxygen atoms in total. The summed E-state index contributed by atoms with van der Waals surface area (Å²) < 4.78 is 33.8. The third-order valence-corrected chi connectivity index (χ3v) is 6.55. The van der Waals surface area contributed by atoms with Gasteiger partial charge in [0.05, 0.1) is 10.6 Å². The van der Waals surface area contributed by atoms with Crippen molar-refractivity contribution in [1.29, 1.82) is 0 Å². The van der Waals surface area contributed by atoms with Gasteiger partial charge in [0, 0.05) is 12.6 Å². The van der Waals surface area contributed by atoms with E-state index in [4.69, 9.17) is 4.74 Å². The van der Waals surface area contributed by atoms with Gasteiger partial charge in [-0.3, -0.25) is 9.69 Å². The minimum absolute atomic E-state index is 0.0147. The zero-order valence-corrected chi connectivity index (χ0v) is 16.2. The largest absolute Gasteiger partial charge is 0.482 e. The standard InChI is InChI=1S/C20H23N3O4S/c24-20-14-27-19-9-8-16(12-17(19)22-20)28(25,26)21-13-18(23-10-4-5-11-23)15-6-2-1-3-7-15/h1-3,6-9,12,18,21H,4-5,10-11,13-14H2,(H,22,24). The smallest absolute Gasteiger partial charge is 0.262 e. The van der Waals surface area contributed by atoms with Gasteiger partial charge in [0.1, 0.15) is 5.75 Å². The topological polar surface area (TPSA) is 87.7 Å². The molecule has 0 aromatic heterocycles. The second-order valence-corrected chi connectivity index (χ2v) is 8.78. The quantitative estimate of drug-likeness (QED) is 0.774. The molecule has 1 atom stereocenters. The number of likely N-dealkylation sites (tertiary alicyclic amines) is 1. The zero-order valence-electron chi connectivity index (χ0n) is 15.4. The SMILES string of the molecule is O=C1COc2ccc(S(=O)(=O)NCC(c3ccccc3)N3CCCC3)cc2N1. The first kappa shape index (κ1) is 18.9. The molecular formula is C20H23N3O4S. The van der Waals surface area contributed by atoms with Gasteiger partial charge in [-0.1, -0.05) is 30.3 Å². The van der Waals surface area contributed by atoms with E-state index in [-0.39, 0.29) is 30.0 Å². The number of hydrogen-bond acceptors (Lipinski definition) is 5. The summed E-state index contributed by atoms with van der Waals surface area (Å²) in [5, 5.41) is 2.64. The summed E-state index contributed by atoms with van der Waals surface area (Å²) in [6, 6.07) is 14.4. The lowest BCUT2D eigenvalue weighted by molar-refractivity contribution is -0.118. The predicted molar refractivity (Wildman–Crippen MR) is 106 cm³/mol. The van der Waals surface area contributed by atoms with Crippen LogP contribution in [-0.2, 0) is 14.8 Å². The van der Waals surface area contributed by atoms with Gasteiger partial charge in [0.2, 0.25) is 10.0 Å². The Bertz CT molecular complexity index is 957. The number of carbonyl (C=O) groups excluding carboxylic acids is 1. The van der Waals surface area contributed by atoms with E-state index in [0.29, 0.717) is 11.4 Å². The predicted octanol–water partition coefficient (Wildman–Crippen LogP) is 2.13. The van der Waals surface area contributed by atoms with Crippen LogP contribution in [0.4, 0.5) is 5.69 Å². The van der Waals surface area contributed by atoms with E-state index in [2.05, 4.69) is 14.9 Å². The third kappa shape index (κ3) is 4.04. The summed E-state index contributed by atoms with van der Waals surface area (Å²) in [5.41, 5.74) is 1.47. The molecule has 2 aromatic carbocycles. The lowest BCUT2D eigenvalue weighted by Gasteiger charge is -2.28. The molecule has 0 spiro atoms. The summed E-state index contributed by atoms with van der Waals surface area (Å²) in [4.78, 5) is 13.9. The molecular weight excluding hydrogens is 378 g/mol. The Morgan fingerprint density at radius 1 is 1.11 bits per heavy atom. The number of carbonyl (C=O) groups is 1. The number of sulfonamides is 1. The van der Waals surface area contributed by atoms with Crippen molar-refractivity contribution in [2.75, 3.05) is 31.6 Å². The molecule has 2 aromatic rings. The van der Waals surface area contributed by atoms with Crippen molar-refractivity contribution in [2.45, 2.75) is 23.8 Å². The van der Waals surface area contributed by atoms with Crippen molar-refractivity contribution in [1.82, 2.24) is 9.62 Å². The van der Waals surface area contributed by atoms with Crippen LogP contribution in [-0.4, -0.2) is 45.5 Å². The van der Waals surface area contributed by atoms with Crippen LogP contribution in [0.1, 0.15) is 24.4 Å². The van der Waals surface area contributed by atoms with Gasteiger partial charge in [0.25, 0.3) is 5.91 Å². The molecule has 1 amide bonds. The van der Waals surface area contributed by atoms with Crippen LogP contribution in [0, 0.1) is 0 Å². The van der Waals surface area contributed by atoms with Crippen LogP contribution in [0.3, 0.4) is 0 Å². The van der Waals surface area contributed by atoms with E-state index in [1.54, 1.807) is 6.07 Å². The summed E-state index contributed by atoms with van der Waals surface area (Å²) in [7, 11) is -3.73. The normalized spacial score (nSPS) is 18.2. The highest BCUT2D eigenvalue weighted by Crippen LogP contribution is 2.30. The first-order valence-corrected chi connectivity index (χ1v) is 10.9. The minimum atomic E-state index is -3.73. The molecule has 2 heterocycles.